The Kier molecular flexibility index (Phi) is 2.32. The van der Waals surface area contributed by atoms with Crippen LogP contribution in [0.15, 0.2) is 17.8 Å². The highest BCUT2D eigenvalue weighted by Gasteiger charge is 2.06. The van der Waals surface area contributed by atoms with Crippen molar-refractivity contribution in [2.75, 3.05) is 0 Å². The maximum atomic E-state index is 4.30. The Hall–Kier alpha value is -1.98. The summed E-state index contributed by atoms with van der Waals surface area (Å²) in [5.74, 6) is 0. The molecule has 78 valence electrons. The van der Waals surface area contributed by atoms with E-state index in [1.807, 2.05) is 25.6 Å². The second kappa shape index (κ2) is 3.64. The Morgan fingerprint density at radius 2 is 1.93 bits per heavy atom. The maximum absolute atomic E-state index is 4.30. The third kappa shape index (κ3) is 1.78. The number of hydrogen-bond donors (Lipinski definition) is 0. The van der Waals surface area contributed by atoms with E-state index in [9.17, 15) is 0 Å². The second-order valence-corrected chi connectivity index (χ2v) is 3.29. The van der Waals surface area contributed by atoms with Crippen LogP contribution >= 0.6 is 0 Å². The van der Waals surface area contributed by atoms with E-state index >= 15 is 0 Å². The van der Waals surface area contributed by atoms with Crippen molar-refractivity contribution in [2.45, 2.75) is 13.8 Å². The lowest BCUT2D eigenvalue weighted by atomic mass is 10.2. The summed E-state index contributed by atoms with van der Waals surface area (Å²) < 4.78 is 3.38. The highest BCUT2D eigenvalue weighted by atomic mass is 15.4. The summed E-state index contributed by atoms with van der Waals surface area (Å²) in [5, 5.41) is 15.8. The normalized spacial score (nSPS) is 11.4. The lowest BCUT2D eigenvalue weighted by molar-refractivity contribution is 0.731. The lowest BCUT2D eigenvalue weighted by Crippen LogP contribution is -1.94. The van der Waals surface area contributed by atoms with Crippen molar-refractivity contribution in [2.24, 2.45) is 12.1 Å². The van der Waals surface area contributed by atoms with E-state index in [1.165, 1.54) is 12.7 Å². The first-order valence-electron chi connectivity index (χ1n) is 4.57. The van der Waals surface area contributed by atoms with Crippen LogP contribution in [-0.2, 0) is 7.05 Å². The number of aromatic nitrogens is 5. The van der Waals surface area contributed by atoms with Gasteiger partial charge in [-0.15, -0.1) is 10.2 Å². The van der Waals surface area contributed by atoms with E-state index in [1.54, 1.807) is 10.9 Å². The molecule has 0 atom stereocenters. The monoisotopic (exact) mass is 204 g/mol. The van der Waals surface area contributed by atoms with Gasteiger partial charge in [0, 0.05) is 18.3 Å². The van der Waals surface area contributed by atoms with Crippen LogP contribution < -0.4 is 0 Å². The van der Waals surface area contributed by atoms with Gasteiger partial charge in [-0.2, -0.15) is 10.2 Å². The van der Waals surface area contributed by atoms with Gasteiger partial charge in [0.1, 0.15) is 12.7 Å². The minimum atomic E-state index is 0.965. The molecule has 0 radical (unpaired) electrons. The summed E-state index contributed by atoms with van der Waals surface area (Å²) in [7, 11) is 1.92. The van der Waals surface area contributed by atoms with Gasteiger partial charge in [0.25, 0.3) is 0 Å². The van der Waals surface area contributed by atoms with Gasteiger partial charge in [0.15, 0.2) is 0 Å². The van der Waals surface area contributed by atoms with Crippen molar-refractivity contribution in [1.29, 1.82) is 0 Å². The molecule has 0 aliphatic rings. The molecule has 0 unspecified atom stereocenters. The van der Waals surface area contributed by atoms with Crippen LogP contribution in [0.4, 0.5) is 0 Å². The van der Waals surface area contributed by atoms with E-state index in [0.29, 0.717) is 0 Å². The molecular formula is C9H12N6. The molecule has 0 saturated carbocycles. The fourth-order valence-corrected chi connectivity index (χ4v) is 1.36. The third-order valence-corrected chi connectivity index (χ3v) is 2.29. The van der Waals surface area contributed by atoms with Gasteiger partial charge in [0.05, 0.1) is 11.9 Å². The molecule has 0 fully saturated rings. The Morgan fingerprint density at radius 1 is 1.27 bits per heavy atom. The second-order valence-electron chi connectivity index (χ2n) is 3.29. The molecule has 0 saturated heterocycles. The first-order valence-corrected chi connectivity index (χ1v) is 4.57. The molecule has 2 heterocycles. The highest BCUT2D eigenvalue weighted by Crippen LogP contribution is 2.08. The minimum Gasteiger partial charge on any atom is -0.272 e. The fraction of sp³-hybridized carbons (Fsp3) is 0.333. The van der Waals surface area contributed by atoms with Crippen molar-refractivity contribution in [1.82, 2.24) is 24.7 Å². The standard InChI is InChI=1S/C9H12N6/c1-7-9(8(2)14(3)13-7)4-12-15-5-10-11-6-15/h4-6H,1-3H3/b12-4+. The summed E-state index contributed by atoms with van der Waals surface area (Å²) in [6.45, 7) is 3.97. The van der Waals surface area contributed by atoms with Crippen molar-refractivity contribution < 1.29 is 0 Å². The first-order chi connectivity index (χ1) is 7.18. The number of aryl methyl sites for hydroxylation is 2. The average Bonchev–Trinajstić information content (AvgIpc) is 2.76. The lowest BCUT2D eigenvalue weighted by Gasteiger charge is -1.94. The molecule has 6 heteroatoms. The molecule has 15 heavy (non-hydrogen) atoms. The minimum absolute atomic E-state index is 0.965. The third-order valence-electron chi connectivity index (χ3n) is 2.29. The van der Waals surface area contributed by atoms with E-state index in [0.717, 1.165) is 17.0 Å². The average molecular weight is 204 g/mol. The summed E-state index contributed by atoms with van der Waals surface area (Å²) in [6.07, 6.45) is 4.84. The molecule has 2 aromatic heterocycles. The van der Waals surface area contributed by atoms with Crippen LogP contribution in [0.1, 0.15) is 17.0 Å². The molecular weight excluding hydrogens is 192 g/mol. The molecule has 0 spiro atoms. The Bertz CT molecular complexity index is 479. The molecule has 0 N–H and O–H groups in total. The molecule has 0 amide bonds. The molecule has 6 nitrogen and oxygen atoms in total. The van der Waals surface area contributed by atoms with E-state index in [4.69, 9.17) is 0 Å². The topological polar surface area (TPSA) is 60.9 Å². The summed E-state index contributed by atoms with van der Waals surface area (Å²) >= 11 is 0. The molecule has 0 bridgehead atoms. The molecule has 0 aliphatic heterocycles. The number of nitrogens with zero attached hydrogens (tertiary/aromatic N) is 6. The summed E-state index contributed by atoms with van der Waals surface area (Å²) in [4.78, 5) is 0. The van der Waals surface area contributed by atoms with Gasteiger partial charge < -0.3 is 0 Å². The predicted octanol–water partition coefficient (Wildman–Crippen LogP) is 0.511. The van der Waals surface area contributed by atoms with Gasteiger partial charge >= 0.3 is 0 Å². The first kappa shape index (κ1) is 9.57. The van der Waals surface area contributed by atoms with E-state index in [-0.39, 0.29) is 0 Å². The summed E-state index contributed by atoms with van der Waals surface area (Å²) in [6, 6.07) is 0. The zero-order chi connectivity index (χ0) is 10.8. The van der Waals surface area contributed by atoms with Gasteiger partial charge in [0.2, 0.25) is 0 Å². The highest BCUT2D eigenvalue weighted by molar-refractivity contribution is 5.82. The fourth-order valence-electron chi connectivity index (χ4n) is 1.36. The van der Waals surface area contributed by atoms with Crippen LogP contribution in [0.2, 0.25) is 0 Å². The van der Waals surface area contributed by atoms with Crippen LogP contribution in [0.25, 0.3) is 0 Å². The van der Waals surface area contributed by atoms with Crippen LogP contribution in [0, 0.1) is 13.8 Å². The SMILES string of the molecule is Cc1nn(C)c(C)c1/C=N/n1cnnc1. The largest absolute Gasteiger partial charge is 0.272 e. The van der Waals surface area contributed by atoms with E-state index < -0.39 is 0 Å². The Morgan fingerprint density at radius 3 is 2.47 bits per heavy atom. The van der Waals surface area contributed by atoms with Gasteiger partial charge in [-0.3, -0.25) is 4.68 Å². The van der Waals surface area contributed by atoms with Gasteiger partial charge in [-0.05, 0) is 13.8 Å². The smallest absolute Gasteiger partial charge is 0.141 e. The molecule has 0 aliphatic carbocycles. The quantitative estimate of drug-likeness (QED) is 0.670. The van der Waals surface area contributed by atoms with Gasteiger partial charge in [-0.1, -0.05) is 0 Å². The molecule has 0 aromatic carbocycles. The zero-order valence-electron chi connectivity index (χ0n) is 8.92. The predicted molar refractivity (Wildman–Crippen MR) is 55.7 cm³/mol. The Labute approximate surface area is 87.2 Å². The van der Waals surface area contributed by atoms with Gasteiger partial charge in [-0.25, -0.2) is 4.68 Å². The molecule has 2 rings (SSSR count). The Balaban J connectivity index is 2.32. The van der Waals surface area contributed by atoms with Crippen molar-refractivity contribution in [3.63, 3.8) is 0 Å². The number of hydrogen-bond acceptors (Lipinski definition) is 4. The van der Waals surface area contributed by atoms with Crippen LogP contribution in [-0.4, -0.2) is 30.9 Å². The van der Waals surface area contributed by atoms with Crippen molar-refractivity contribution in [3.8, 4) is 0 Å². The van der Waals surface area contributed by atoms with Crippen LogP contribution in [0.5, 0.6) is 0 Å². The van der Waals surface area contributed by atoms with E-state index in [2.05, 4.69) is 20.4 Å². The zero-order valence-corrected chi connectivity index (χ0v) is 8.92. The summed E-state index contributed by atoms with van der Waals surface area (Å²) in [5.41, 5.74) is 3.09. The van der Waals surface area contributed by atoms with Crippen molar-refractivity contribution >= 4 is 6.21 Å². The van der Waals surface area contributed by atoms with Crippen molar-refractivity contribution in [3.05, 3.63) is 29.6 Å². The molecule has 2 aromatic rings. The maximum Gasteiger partial charge on any atom is 0.141 e. The van der Waals surface area contributed by atoms with Crippen LogP contribution in [0.3, 0.4) is 0 Å². The number of rotatable bonds is 2.